The molecule has 0 aliphatic carbocycles. The summed E-state index contributed by atoms with van der Waals surface area (Å²) in [6, 6.07) is 13.1. The van der Waals surface area contributed by atoms with Crippen molar-refractivity contribution in [2.24, 2.45) is 0 Å². The first kappa shape index (κ1) is 16.4. The zero-order chi connectivity index (χ0) is 18.3. The Morgan fingerprint density at radius 3 is 2.65 bits per heavy atom. The molecule has 0 saturated carbocycles. The van der Waals surface area contributed by atoms with Gasteiger partial charge in [-0.15, -0.1) is 5.10 Å². The van der Waals surface area contributed by atoms with Crippen LogP contribution in [-0.2, 0) is 0 Å². The minimum atomic E-state index is -0.476. The number of hydrogen-bond acceptors (Lipinski definition) is 6. The molecule has 2 heterocycles. The van der Waals surface area contributed by atoms with Crippen LogP contribution in [0.25, 0.3) is 22.4 Å². The number of nitro benzene ring substituents is 1. The lowest BCUT2D eigenvalue weighted by atomic mass is 10.2. The molecule has 0 amide bonds. The van der Waals surface area contributed by atoms with Crippen molar-refractivity contribution in [2.45, 2.75) is 0 Å². The van der Waals surface area contributed by atoms with E-state index in [4.69, 9.17) is 11.6 Å². The average Bonchev–Trinajstić information content (AvgIpc) is 3.16. The molecule has 4 aromatic rings. The first-order valence-corrected chi connectivity index (χ1v) is 8.62. The number of benzene rings is 2. The molecule has 0 fully saturated rings. The quantitative estimate of drug-likeness (QED) is 0.400. The average molecular weight is 385 g/mol. The van der Waals surface area contributed by atoms with E-state index in [1.165, 1.54) is 28.0 Å². The van der Waals surface area contributed by atoms with Crippen molar-refractivity contribution in [3.05, 3.63) is 84.1 Å². The monoisotopic (exact) mass is 384 g/mol. The summed E-state index contributed by atoms with van der Waals surface area (Å²) in [7, 11) is 0. The molecule has 0 radical (unpaired) electrons. The molecule has 2 aromatic carbocycles. The third-order valence-electron chi connectivity index (χ3n) is 3.66. The van der Waals surface area contributed by atoms with E-state index in [2.05, 4.69) is 10.1 Å². The first-order chi connectivity index (χ1) is 12.5. The van der Waals surface area contributed by atoms with Crippen molar-refractivity contribution in [1.29, 1.82) is 0 Å². The fourth-order valence-corrected chi connectivity index (χ4v) is 3.47. The summed E-state index contributed by atoms with van der Waals surface area (Å²) >= 11 is 7.05. The molecular formula is C17H9ClN4O3S. The maximum Gasteiger partial charge on any atom is 0.291 e. The van der Waals surface area contributed by atoms with Gasteiger partial charge in [-0.3, -0.25) is 14.9 Å². The van der Waals surface area contributed by atoms with Crippen molar-refractivity contribution in [3.8, 4) is 11.4 Å². The number of hydrogen-bond donors (Lipinski definition) is 0. The lowest BCUT2D eigenvalue weighted by Gasteiger charge is -1.94. The highest BCUT2D eigenvalue weighted by Crippen LogP contribution is 2.19. The zero-order valence-electron chi connectivity index (χ0n) is 13.0. The van der Waals surface area contributed by atoms with Crippen molar-refractivity contribution >= 4 is 39.7 Å². The van der Waals surface area contributed by atoms with E-state index in [0.29, 0.717) is 25.9 Å². The second kappa shape index (κ2) is 6.32. The molecule has 4 rings (SSSR count). The smallest absolute Gasteiger partial charge is 0.266 e. The Labute approximate surface area is 155 Å². The van der Waals surface area contributed by atoms with E-state index in [-0.39, 0.29) is 11.2 Å². The summed E-state index contributed by atoms with van der Waals surface area (Å²) in [6.45, 7) is 0. The molecule has 2 aromatic heterocycles. The van der Waals surface area contributed by atoms with Gasteiger partial charge >= 0.3 is 0 Å². The highest BCUT2D eigenvalue weighted by atomic mass is 35.5. The summed E-state index contributed by atoms with van der Waals surface area (Å²) in [5.74, 6) is 0.437. The van der Waals surface area contributed by atoms with Gasteiger partial charge in [-0.25, -0.2) is 0 Å². The van der Waals surface area contributed by atoms with Crippen LogP contribution in [-0.4, -0.2) is 19.5 Å². The first-order valence-electron chi connectivity index (χ1n) is 7.43. The Morgan fingerprint density at radius 1 is 1.19 bits per heavy atom. The predicted octanol–water partition coefficient (Wildman–Crippen LogP) is 2.93. The summed E-state index contributed by atoms with van der Waals surface area (Å²) in [5, 5.41) is 15.7. The van der Waals surface area contributed by atoms with E-state index in [0.717, 1.165) is 5.56 Å². The van der Waals surface area contributed by atoms with E-state index >= 15 is 0 Å². The van der Waals surface area contributed by atoms with Crippen LogP contribution in [0.3, 0.4) is 0 Å². The van der Waals surface area contributed by atoms with Gasteiger partial charge in [-0.2, -0.15) is 9.50 Å². The van der Waals surface area contributed by atoms with E-state index in [1.54, 1.807) is 42.5 Å². The number of halogens is 1. The largest absolute Gasteiger partial charge is 0.291 e. The second-order valence-corrected chi connectivity index (χ2v) is 6.85. The lowest BCUT2D eigenvalue weighted by molar-refractivity contribution is -0.384. The number of aromatic nitrogens is 3. The molecule has 0 N–H and O–H groups in total. The Morgan fingerprint density at radius 2 is 1.96 bits per heavy atom. The molecular weight excluding hydrogens is 376 g/mol. The zero-order valence-corrected chi connectivity index (χ0v) is 14.6. The third kappa shape index (κ3) is 2.96. The molecule has 0 spiro atoms. The summed E-state index contributed by atoms with van der Waals surface area (Å²) in [4.78, 5) is 27.8. The maximum atomic E-state index is 12.5. The third-order valence-corrected chi connectivity index (χ3v) is 4.87. The molecule has 26 heavy (non-hydrogen) atoms. The second-order valence-electron chi connectivity index (χ2n) is 5.40. The van der Waals surface area contributed by atoms with Gasteiger partial charge in [-0.05, 0) is 35.9 Å². The number of rotatable bonds is 3. The molecule has 0 atom stereocenters. The molecule has 0 bridgehead atoms. The summed E-state index contributed by atoms with van der Waals surface area (Å²) in [5.41, 5.74) is 0.979. The van der Waals surface area contributed by atoms with Crippen LogP contribution >= 0.6 is 22.9 Å². The Kier molecular flexibility index (Phi) is 3.98. The normalized spacial score (nSPS) is 12.0. The van der Waals surface area contributed by atoms with Gasteiger partial charge in [0.05, 0.1) is 9.46 Å². The Balaban J connectivity index is 1.78. The standard InChI is InChI=1S/C17H9ClN4O3S/c18-12-6-4-11(5-7-12)15-19-17-21(20-15)16(23)14(26-17)9-10-2-1-3-13(8-10)22(24)25/h1-9H/b14-9-. The lowest BCUT2D eigenvalue weighted by Crippen LogP contribution is -2.23. The molecule has 0 saturated heterocycles. The summed E-state index contributed by atoms with van der Waals surface area (Å²) in [6.07, 6.45) is 1.60. The van der Waals surface area contributed by atoms with Crippen molar-refractivity contribution in [3.63, 3.8) is 0 Å². The van der Waals surface area contributed by atoms with Crippen LogP contribution < -0.4 is 10.1 Å². The van der Waals surface area contributed by atoms with Gasteiger partial charge in [0.15, 0.2) is 5.82 Å². The van der Waals surface area contributed by atoms with Crippen LogP contribution in [0.15, 0.2) is 53.3 Å². The van der Waals surface area contributed by atoms with Crippen molar-refractivity contribution in [2.75, 3.05) is 0 Å². The highest BCUT2D eigenvalue weighted by molar-refractivity contribution is 7.15. The SMILES string of the molecule is O=c1/c(=C/c2cccc([N+](=O)[O-])c2)sc2nc(-c3ccc(Cl)cc3)nn12. The van der Waals surface area contributed by atoms with Crippen LogP contribution in [0.1, 0.15) is 5.56 Å². The van der Waals surface area contributed by atoms with Gasteiger partial charge in [-0.1, -0.05) is 35.1 Å². The van der Waals surface area contributed by atoms with E-state index in [1.807, 2.05) is 0 Å². The minimum absolute atomic E-state index is 0.0318. The number of non-ortho nitro benzene ring substituents is 1. The molecule has 128 valence electrons. The van der Waals surface area contributed by atoms with Crippen molar-refractivity contribution < 1.29 is 4.92 Å². The topological polar surface area (TPSA) is 90.4 Å². The fraction of sp³-hybridized carbons (Fsp3) is 0. The molecule has 0 aliphatic heterocycles. The fourth-order valence-electron chi connectivity index (χ4n) is 2.43. The molecule has 0 unspecified atom stereocenters. The van der Waals surface area contributed by atoms with Crippen LogP contribution in [0.5, 0.6) is 0 Å². The van der Waals surface area contributed by atoms with Gasteiger partial charge in [0, 0.05) is 22.7 Å². The van der Waals surface area contributed by atoms with Crippen LogP contribution in [0.2, 0.25) is 5.02 Å². The van der Waals surface area contributed by atoms with Gasteiger partial charge in [0.2, 0.25) is 4.96 Å². The Bertz CT molecular complexity index is 1250. The van der Waals surface area contributed by atoms with Gasteiger partial charge < -0.3 is 0 Å². The molecule has 7 nitrogen and oxygen atoms in total. The maximum absolute atomic E-state index is 12.5. The number of nitro groups is 1. The van der Waals surface area contributed by atoms with E-state index in [9.17, 15) is 14.9 Å². The van der Waals surface area contributed by atoms with Gasteiger partial charge in [0.25, 0.3) is 11.2 Å². The molecule has 0 aliphatic rings. The minimum Gasteiger partial charge on any atom is -0.266 e. The Hall–Kier alpha value is -3.10. The number of thiazole rings is 1. The highest BCUT2D eigenvalue weighted by Gasteiger charge is 2.12. The number of fused-ring (bicyclic) bond motifs is 1. The number of nitrogens with zero attached hydrogens (tertiary/aromatic N) is 4. The van der Waals surface area contributed by atoms with Crippen molar-refractivity contribution in [1.82, 2.24) is 14.6 Å². The van der Waals surface area contributed by atoms with E-state index < -0.39 is 4.92 Å². The predicted molar refractivity (Wildman–Crippen MR) is 99.5 cm³/mol. The summed E-state index contributed by atoms with van der Waals surface area (Å²) < 4.78 is 1.64. The van der Waals surface area contributed by atoms with Crippen LogP contribution in [0.4, 0.5) is 5.69 Å². The van der Waals surface area contributed by atoms with Crippen LogP contribution in [0, 0.1) is 10.1 Å². The van der Waals surface area contributed by atoms with Gasteiger partial charge in [0.1, 0.15) is 0 Å². The molecule has 9 heteroatoms.